The van der Waals surface area contributed by atoms with E-state index in [9.17, 15) is 4.79 Å². The number of carbonyl (C=O) groups is 1. The first kappa shape index (κ1) is 17.0. The van der Waals surface area contributed by atoms with Crippen molar-refractivity contribution in [3.8, 4) is 0 Å². The summed E-state index contributed by atoms with van der Waals surface area (Å²) in [6.07, 6.45) is 2.75. The van der Waals surface area contributed by atoms with Gasteiger partial charge in [0.05, 0.1) is 6.04 Å². The number of carbonyl (C=O) groups excluding carboxylic acids is 1. The number of hydrogen-bond donors (Lipinski definition) is 1. The van der Waals surface area contributed by atoms with Crippen molar-refractivity contribution in [1.82, 2.24) is 10.2 Å². The van der Waals surface area contributed by atoms with E-state index in [1.165, 1.54) is 12.8 Å². The molecule has 5 nitrogen and oxygen atoms in total. The zero-order valence-corrected chi connectivity index (χ0v) is 13.9. The van der Waals surface area contributed by atoms with Gasteiger partial charge in [-0.15, -0.1) is 0 Å². The van der Waals surface area contributed by atoms with E-state index >= 15 is 0 Å². The first-order valence-electron chi connectivity index (χ1n) is 8.35. The maximum Gasteiger partial charge on any atom is 0.249 e. The predicted octanol–water partition coefficient (Wildman–Crippen LogP) is 2.66. The summed E-state index contributed by atoms with van der Waals surface area (Å²) in [5.41, 5.74) is 0. The fraction of sp³-hybridized carbons (Fsp3) is 0.706. The number of nitrogens with one attached hydrogen (secondary N) is 1. The quantitative estimate of drug-likeness (QED) is 0.802. The van der Waals surface area contributed by atoms with Crippen LogP contribution in [-0.2, 0) is 9.53 Å². The number of furan rings is 1. The Hall–Kier alpha value is -1.33. The van der Waals surface area contributed by atoms with Gasteiger partial charge in [0.25, 0.3) is 0 Å². The lowest BCUT2D eigenvalue weighted by Gasteiger charge is -2.26. The third-order valence-corrected chi connectivity index (χ3v) is 4.17. The molecule has 2 rings (SSSR count). The molecule has 2 atom stereocenters. The minimum absolute atomic E-state index is 0.0307. The highest BCUT2D eigenvalue weighted by atomic mass is 16.5. The van der Waals surface area contributed by atoms with E-state index in [-0.39, 0.29) is 18.1 Å². The molecule has 1 aliphatic heterocycles. The van der Waals surface area contributed by atoms with Crippen LogP contribution >= 0.6 is 0 Å². The standard InChI is InChI=1S/C17H28N2O3/c1-4-15(21-5-2)17(20)18-12-14(19-10-6-7-11-19)16-9-8-13(3)22-16/h8-9,14-15H,4-7,10-12H2,1-3H3,(H,18,20)/t14-,15+/m0/s1. The molecular weight excluding hydrogens is 280 g/mol. The van der Waals surface area contributed by atoms with Crippen molar-refractivity contribution in [3.05, 3.63) is 23.7 Å². The number of ether oxygens (including phenoxy) is 1. The highest BCUT2D eigenvalue weighted by molar-refractivity contribution is 5.80. The topological polar surface area (TPSA) is 54.7 Å². The smallest absolute Gasteiger partial charge is 0.249 e. The highest BCUT2D eigenvalue weighted by Gasteiger charge is 2.27. The third kappa shape index (κ3) is 4.34. The minimum Gasteiger partial charge on any atom is -0.465 e. The van der Waals surface area contributed by atoms with Crippen molar-refractivity contribution in [2.24, 2.45) is 0 Å². The van der Waals surface area contributed by atoms with Crippen molar-refractivity contribution in [3.63, 3.8) is 0 Å². The van der Waals surface area contributed by atoms with Gasteiger partial charge in [-0.2, -0.15) is 0 Å². The maximum atomic E-state index is 12.2. The summed E-state index contributed by atoms with van der Waals surface area (Å²) in [6, 6.07) is 4.11. The number of hydrogen-bond acceptors (Lipinski definition) is 4. The van der Waals surface area contributed by atoms with Gasteiger partial charge in [-0.05, 0) is 58.3 Å². The Balaban J connectivity index is 1.99. The summed E-state index contributed by atoms with van der Waals surface area (Å²) in [6.45, 7) is 9.06. The molecule has 0 bridgehead atoms. The van der Waals surface area contributed by atoms with Crippen molar-refractivity contribution >= 4 is 5.91 Å². The van der Waals surface area contributed by atoms with Gasteiger partial charge in [-0.1, -0.05) is 6.92 Å². The van der Waals surface area contributed by atoms with Gasteiger partial charge in [0, 0.05) is 13.2 Å². The molecule has 1 aromatic heterocycles. The SMILES string of the molecule is CCO[C@H](CC)C(=O)NC[C@@H](c1ccc(C)o1)N1CCCC1. The van der Waals surface area contributed by atoms with Crippen LogP contribution in [0.4, 0.5) is 0 Å². The summed E-state index contributed by atoms with van der Waals surface area (Å²) in [5.74, 6) is 1.81. The van der Waals surface area contributed by atoms with Crippen LogP contribution in [0.5, 0.6) is 0 Å². The van der Waals surface area contributed by atoms with Gasteiger partial charge in [0.2, 0.25) is 5.91 Å². The lowest BCUT2D eigenvalue weighted by atomic mass is 10.2. The Morgan fingerprint density at radius 1 is 1.36 bits per heavy atom. The van der Waals surface area contributed by atoms with E-state index in [1.807, 2.05) is 32.9 Å². The van der Waals surface area contributed by atoms with E-state index in [4.69, 9.17) is 9.15 Å². The number of likely N-dealkylation sites (tertiary alicyclic amines) is 1. The molecule has 0 spiro atoms. The lowest BCUT2D eigenvalue weighted by Crippen LogP contribution is -2.41. The second-order valence-electron chi connectivity index (χ2n) is 5.80. The average Bonchev–Trinajstić information content (AvgIpc) is 3.17. The van der Waals surface area contributed by atoms with Crippen LogP contribution in [-0.4, -0.2) is 43.2 Å². The molecule has 0 aliphatic carbocycles. The van der Waals surface area contributed by atoms with Gasteiger partial charge < -0.3 is 14.5 Å². The van der Waals surface area contributed by atoms with Gasteiger partial charge in [-0.25, -0.2) is 0 Å². The van der Waals surface area contributed by atoms with Gasteiger partial charge in [0.15, 0.2) is 0 Å². The molecule has 2 heterocycles. The minimum atomic E-state index is -0.359. The Morgan fingerprint density at radius 3 is 2.64 bits per heavy atom. The largest absolute Gasteiger partial charge is 0.465 e. The summed E-state index contributed by atoms with van der Waals surface area (Å²) in [7, 11) is 0. The van der Waals surface area contributed by atoms with Crippen molar-refractivity contribution in [1.29, 1.82) is 0 Å². The Labute approximate surface area is 133 Å². The fourth-order valence-corrected chi connectivity index (χ4v) is 2.99. The summed E-state index contributed by atoms with van der Waals surface area (Å²) < 4.78 is 11.3. The number of aryl methyl sites for hydroxylation is 1. The molecule has 1 saturated heterocycles. The molecule has 1 fully saturated rings. The lowest BCUT2D eigenvalue weighted by molar-refractivity contribution is -0.133. The number of nitrogens with zero attached hydrogens (tertiary/aromatic N) is 1. The summed E-state index contributed by atoms with van der Waals surface area (Å²) >= 11 is 0. The molecule has 1 amide bonds. The molecule has 0 unspecified atom stereocenters. The van der Waals surface area contributed by atoms with Crippen LogP contribution in [0.2, 0.25) is 0 Å². The zero-order valence-electron chi connectivity index (χ0n) is 13.9. The molecule has 1 N–H and O–H groups in total. The summed E-state index contributed by atoms with van der Waals surface area (Å²) in [5, 5.41) is 3.04. The van der Waals surface area contributed by atoms with Crippen LogP contribution in [0.3, 0.4) is 0 Å². The maximum absolute atomic E-state index is 12.2. The first-order chi connectivity index (χ1) is 10.7. The third-order valence-electron chi connectivity index (χ3n) is 4.17. The highest BCUT2D eigenvalue weighted by Crippen LogP contribution is 2.26. The fourth-order valence-electron chi connectivity index (χ4n) is 2.99. The molecule has 1 aliphatic rings. The second-order valence-corrected chi connectivity index (χ2v) is 5.80. The molecule has 1 aromatic rings. The summed E-state index contributed by atoms with van der Waals surface area (Å²) in [4.78, 5) is 14.6. The van der Waals surface area contributed by atoms with Crippen LogP contribution in [0.15, 0.2) is 16.5 Å². The predicted molar refractivity (Wildman–Crippen MR) is 85.7 cm³/mol. The molecule has 0 saturated carbocycles. The molecular formula is C17H28N2O3. The van der Waals surface area contributed by atoms with Crippen molar-refractivity contribution in [2.75, 3.05) is 26.2 Å². The molecule has 0 radical (unpaired) electrons. The Bertz CT molecular complexity index is 466. The first-order valence-corrected chi connectivity index (χ1v) is 8.35. The van der Waals surface area contributed by atoms with Gasteiger partial charge in [0.1, 0.15) is 17.6 Å². The zero-order chi connectivity index (χ0) is 15.9. The Morgan fingerprint density at radius 2 is 2.09 bits per heavy atom. The average molecular weight is 308 g/mol. The van der Waals surface area contributed by atoms with E-state index in [2.05, 4.69) is 10.2 Å². The number of rotatable bonds is 8. The monoisotopic (exact) mass is 308 g/mol. The van der Waals surface area contributed by atoms with E-state index in [0.29, 0.717) is 19.6 Å². The number of amides is 1. The van der Waals surface area contributed by atoms with Crippen LogP contribution in [0.25, 0.3) is 0 Å². The normalized spacial score (nSPS) is 18.3. The van der Waals surface area contributed by atoms with Crippen molar-refractivity contribution in [2.45, 2.75) is 52.2 Å². The van der Waals surface area contributed by atoms with Crippen LogP contribution in [0, 0.1) is 6.92 Å². The van der Waals surface area contributed by atoms with E-state index < -0.39 is 0 Å². The molecule has 124 valence electrons. The van der Waals surface area contributed by atoms with Crippen molar-refractivity contribution < 1.29 is 13.9 Å². The van der Waals surface area contributed by atoms with E-state index in [1.54, 1.807) is 0 Å². The van der Waals surface area contributed by atoms with Gasteiger partial charge >= 0.3 is 0 Å². The molecule has 0 aromatic carbocycles. The molecule has 22 heavy (non-hydrogen) atoms. The van der Waals surface area contributed by atoms with E-state index in [0.717, 1.165) is 24.6 Å². The van der Waals surface area contributed by atoms with Crippen LogP contribution in [0.1, 0.15) is 50.7 Å². The van der Waals surface area contributed by atoms with Crippen LogP contribution < -0.4 is 5.32 Å². The molecule has 5 heteroatoms. The second kappa shape index (κ2) is 8.34. The van der Waals surface area contributed by atoms with Gasteiger partial charge in [-0.3, -0.25) is 9.69 Å². The Kier molecular flexibility index (Phi) is 6.46.